The van der Waals surface area contributed by atoms with Crippen LogP contribution in [0.25, 0.3) is 0 Å². The maximum atomic E-state index is 12.7. The van der Waals surface area contributed by atoms with Crippen molar-refractivity contribution in [3.8, 4) is 0 Å². The van der Waals surface area contributed by atoms with Crippen molar-refractivity contribution >= 4 is 11.7 Å². The monoisotopic (exact) mass is 403 g/mol. The number of likely N-dealkylation sites (tertiary alicyclic amines) is 1. The first-order valence-corrected chi connectivity index (χ1v) is 11.7. The summed E-state index contributed by atoms with van der Waals surface area (Å²) in [6.45, 7) is 6.35. The number of amidine groups is 1. The molecule has 29 heavy (non-hydrogen) atoms. The standard InChI is InChI=1S/C22H37N5O2/c1-15-24-29-21(25(15)3)27-17-5-6-18(27)14-19(13-17)26-11-7-16(8-12-26)20(28)23-22(2)9-4-10-22/h16-19,21H,4-14H2,1-3H3,(H,23,28). The van der Waals surface area contributed by atoms with Crippen molar-refractivity contribution < 1.29 is 9.63 Å². The smallest absolute Gasteiger partial charge is 0.259 e. The van der Waals surface area contributed by atoms with Gasteiger partial charge in [0.05, 0.1) is 0 Å². The Morgan fingerprint density at radius 3 is 2.28 bits per heavy atom. The number of rotatable bonds is 4. The van der Waals surface area contributed by atoms with E-state index in [-0.39, 0.29) is 17.8 Å². The third-order valence-corrected chi connectivity index (χ3v) is 8.44. The van der Waals surface area contributed by atoms with Crippen LogP contribution in [0.2, 0.25) is 0 Å². The molecule has 162 valence electrons. The molecular formula is C22H37N5O2. The summed E-state index contributed by atoms with van der Waals surface area (Å²) < 4.78 is 0. The maximum absolute atomic E-state index is 12.7. The minimum absolute atomic E-state index is 0.0178. The van der Waals surface area contributed by atoms with Gasteiger partial charge in [-0.05, 0) is 84.7 Å². The summed E-state index contributed by atoms with van der Waals surface area (Å²) in [6.07, 6.45) is 10.5. The van der Waals surface area contributed by atoms with Crippen molar-refractivity contribution in [2.75, 3.05) is 20.1 Å². The Labute approximate surface area is 174 Å². The van der Waals surface area contributed by atoms with Gasteiger partial charge in [0.1, 0.15) is 5.84 Å². The zero-order chi connectivity index (χ0) is 20.2. The number of carbonyl (C=O) groups excluding carboxylic acids is 1. The van der Waals surface area contributed by atoms with Gasteiger partial charge in [-0.1, -0.05) is 5.16 Å². The van der Waals surface area contributed by atoms with Crippen molar-refractivity contribution in [2.45, 2.75) is 102 Å². The van der Waals surface area contributed by atoms with Gasteiger partial charge in [0.25, 0.3) is 6.35 Å². The molecule has 5 aliphatic rings. The molecular weight excluding hydrogens is 366 g/mol. The molecule has 2 bridgehead atoms. The van der Waals surface area contributed by atoms with Gasteiger partial charge in [0.2, 0.25) is 5.91 Å². The summed E-state index contributed by atoms with van der Waals surface area (Å²) in [7, 11) is 2.09. The second-order valence-electron chi connectivity index (χ2n) is 10.4. The van der Waals surface area contributed by atoms with Crippen LogP contribution in [0.3, 0.4) is 0 Å². The molecule has 0 spiro atoms. The number of fused-ring (bicyclic) bond motifs is 2. The van der Waals surface area contributed by atoms with Crippen molar-refractivity contribution in [3.05, 3.63) is 0 Å². The van der Waals surface area contributed by atoms with Gasteiger partial charge in [-0.15, -0.1) is 0 Å². The van der Waals surface area contributed by atoms with E-state index >= 15 is 0 Å². The third kappa shape index (κ3) is 3.54. The largest absolute Gasteiger partial charge is 0.352 e. The topological polar surface area (TPSA) is 60.4 Å². The fourth-order valence-electron chi connectivity index (χ4n) is 6.27. The number of hydrogen-bond acceptors (Lipinski definition) is 6. The molecule has 1 saturated carbocycles. The molecule has 0 aromatic rings. The highest BCUT2D eigenvalue weighted by Crippen LogP contribution is 2.41. The van der Waals surface area contributed by atoms with Crippen molar-refractivity contribution in [3.63, 3.8) is 0 Å². The molecule has 7 nitrogen and oxygen atoms in total. The zero-order valence-corrected chi connectivity index (χ0v) is 18.3. The molecule has 1 aliphatic carbocycles. The second kappa shape index (κ2) is 7.41. The van der Waals surface area contributed by atoms with Crippen LogP contribution in [0, 0.1) is 5.92 Å². The Hall–Kier alpha value is -1.34. The van der Waals surface area contributed by atoms with E-state index in [0.29, 0.717) is 24.0 Å². The molecule has 4 fully saturated rings. The molecule has 0 aromatic heterocycles. The Morgan fingerprint density at radius 1 is 1.10 bits per heavy atom. The first-order chi connectivity index (χ1) is 13.9. The minimum Gasteiger partial charge on any atom is -0.352 e. The Balaban J connectivity index is 1.14. The first-order valence-electron chi connectivity index (χ1n) is 11.7. The Morgan fingerprint density at radius 2 is 1.76 bits per heavy atom. The lowest BCUT2D eigenvalue weighted by atomic mass is 9.78. The highest BCUT2D eigenvalue weighted by atomic mass is 16.7. The predicted octanol–water partition coefficient (Wildman–Crippen LogP) is 2.33. The van der Waals surface area contributed by atoms with Gasteiger partial charge >= 0.3 is 0 Å². The summed E-state index contributed by atoms with van der Waals surface area (Å²) in [5.41, 5.74) is 0.0811. The summed E-state index contributed by atoms with van der Waals surface area (Å²) in [6, 6.07) is 1.84. The molecule has 1 amide bonds. The highest BCUT2D eigenvalue weighted by Gasteiger charge is 2.49. The van der Waals surface area contributed by atoms with Crippen LogP contribution < -0.4 is 5.32 Å². The van der Waals surface area contributed by atoms with Crippen LogP contribution in [0.4, 0.5) is 0 Å². The van der Waals surface area contributed by atoms with Gasteiger partial charge in [0.15, 0.2) is 0 Å². The number of nitrogens with one attached hydrogen (secondary N) is 1. The fourth-order valence-corrected chi connectivity index (χ4v) is 6.27. The van der Waals surface area contributed by atoms with Gasteiger partial charge in [-0.25, -0.2) is 4.90 Å². The van der Waals surface area contributed by atoms with Gasteiger partial charge < -0.3 is 20.0 Å². The molecule has 0 radical (unpaired) electrons. The SMILES string of the molecule is CC1=NOC(N2C3CCC2CC(N2CCC(C(=O)NC4(C)CCC4)CC2)C3)N1C. The van der Waals surface area contributed by atoms with E-state index in [0.717, 1.165) is 44.6 Å². The van der Waals surface area contributed by atoms with Gasteiger partial charge in [-0.3, -0.25) is 4.79 Å². The van der Waals surface area contributed by atoms with Crippen LogP contribution in [-0.2, 0) is 9.63 Å². The average Bonchev–Trinajstić information content (AvgIpc) is 3.14. The first kappa shape index (κ1) is 19.6. The number of piperidine rings is 2. The third-order valence-electron chi connectivity index (χ3n) is 8.44. The Bertz CT molecular complexity index is 656. The predicted molar refractivity (Wildman–Crippen MR) is 112 cm³/mol. The number of carbonyl (C=O) groups is 1. The van der Waals surface area contributed by atoms with E-state index in [1.165, 1.54) is 32.1 Å². The Kier molecular flexibility index (Phi) is 5.01. The van der Waals surface area contributed by atoms with Gasteiger partial charge in [-0.2, -0.15) is 0 Å². The van der Waals surface area contributed by atoms with Crippen molar-refractivity contribution in [1.82, 2.24) is 20.0 Å². The summed E-state index contributed by atoms with van der Waals surface area (Å²) in [5.74, 6) is 1.48. The van der Waals surface area contributed by atoms with Crippen LogP contribution in [0.5, 0.6) is 0 Å². The van der Waals surface area contributed by atoms with E-state index in [1.54, 1.807) is 0 Å². The van der Waals surface area contributed by atoms with Crippen molar-refractivity contribution in [1.29, 1.82) is 0 Å². The number of oxime groups is 1. The van der Waals surface area contributed by atoms with Crippen LogP contribution >= 0.6 is 0 Å². The summed E-state index contributed by atoms with van der Waals surface area (Å²) in [5, 5.41) is 7.52. The fraction of sp³-hybridized carbons (Fsp3) is 0.909. The second-order valence-corrected chi connectivity index (χ2v) is 10.4. The van der Waals surface area contributed by atoms with E-state index in [9.17, 15) is 4.79 Å². The maximum Gasteiger partial charge on any atom is 0.259 e. The molecule has 4 heterocycles. The summed E-state index contributed by atoms with van der Waals surface area (Å²) in [4.78, 5) is 25.9. The number of amides is 1. The number of nitrogens with zero attached hydrogens (tertiary/aromatic N) is 4. The highest BCUT2D eigenvalue weighted by molar-refractivity contribution is 5.80. The molecule has 1 N–H and O–H groups in total. The molecule has 3 saturated heterocycles. The zero-order valence-electron chi connectivity index (χ0n) is 18.3. The van der Waals surface area contributed by atoms with Crippen LogP contribution in [-0.4, -0.2) is 76.6 Å². The van der Waals surface area contributed by atoms with E-state index in [2.05, 4.69) is 39.1 Å². The normalized spacial score (nSPS) is 37.8. The molecule has 3 atom stereocenters. The molecule has 3 unspecified atom stereocenters. The van der Waals surface area contributed by atoms with Crippen molar-refractivity contribution in [2.24, 2.45) is 11.1 Å². The lowest BCUT2D eigenvalue weighted by Gasteiger charge is -2.47. The lowest BCUT2D eigenvalue weighted by molar-refractivity contribution is -0.138. The molecule has 7 heteroatoms. The van der Waals surface area contributed by atoms with E-state index in [4.69, 9.17) is 4.84 Å². The van der Waals surface area contributed by atoms with E-state index in [1.807, 2.05) is 6.92 Å². The minimum atomic E-state index is -0.0178. The van der Waals surface area contributed by atoms with Crippen LogP contribution in [0.15, 0.2) is 5.16 Å². The molecule has 4 aliphatic heterocycles. The number of hydrogen-bond donors (Lipinski definition) is 1. The molecule has 5 rings (SSSR count). The lowest BCUT2D eigenvalue weighted by Crippen LogP contribution is -2.58. The quantitative estimate of drug-likeness (QED) is 0.781. The van der Waals surface area contributed by atoms with E-state index < -0.39 is 0 Å². The molecule has 0 aromatic carbocycles. The average molecular weight is 404 g/mol. The van der Waals surface area contributed by atoms with Gasteiger partial charge in [0, 0.05) is 36.6 Å². The van der Waals surface area contributed by atoms with Crippen LogP contribution in [0.1, 0.15) is 71.6 Å². The summed E-state index contributed by atoms with van der Waals surface area (Å²) >= 11 is 0.